The molecule has 2 N–H and O–H groups in total. The van der Waals surface area contributed by atoms with Crippen molar-refractivity contribution < 1.29 is 0 Å². The van der Waals surface area contributed by atoms with Crippen LogP contribution in [0.25, 0.3) is 5.69 Å². The highest BCUT2D eigenvalue weighted by atomic mass is 79.9. The van der Waals surface area contributed by atoms with Crippen molar-refractivity contribution in [2.75, 3.05) is 5.73 Å². The van der Waals surface area contributed by atoms with Gasteiger partial charge in [-0.2, -0.15) is 0 Å². The van der Waals surface area contributed by atoms with E-state index >= 15 is 0 Å². The zero-order valence-electron chi connectivity index (χ0n) is 11.0. The van der Waals surface area contributed by atoms with Gasteiger partial charge in [-0.25, -0.2) is 4.68 Å². The minimum absolute atomic E-state index is 0.114. The quantitative estimate of drug-likeness (QED) is 0.880. The summed E-state index contributed by atoms with van der Waals surface area (Å²) in [6, 6.07) is 6.12. The van der Waals surface area contributed by atoms with Gasteiger partial charge < -0.3 is 5.73 Å². The van der Waals surface area contributed by atoms with Crippen LogP contribution in [0.4, 0.5) is 5.82 Å². The lowest BCUT2D eigenvalue weighted by molar-refractivity contribution is 0.544. The maximum absolute atomic E-state index is 5.94. The van der Waals surface area contributed by atoms with Crippen molar-refractivity contribution in [3.8, 4) is 5.69 Å². The van der Waals surface area contributed by atoms with Gasteiger partial charge in [-0.3, -0.25) is 0 Å². The summed E-state index contributed by atoms with van der Waals surface area (Å²) in [5.41, 5.74) is 8.88. The first-order chi connectivity index (χ1) is 8.30. The second-order valence-electron chi connectivity index (χ2n) is 5.44. The van der Waals surface area contributed by atoms with Crippen molar-refractivity contribution in [3.05, 3.63) is 33.9 Å². The molecule has 0 amide bonds. The molecule has 96 valence electrons. The van der Waals surface area contributed by atoms with E-state index in [0.29, 0.717) is 5.82 Å². The number of nitrogens with two attached hydrogens (primary N) is 1. The lowest BCUT2D eigenvalue weighted by Crippen LogP contribution is -2.19. The molecule has 0 aliphatic carbocycles. The average molecular weight is 309 g/mol. The third kappa shape index (κ3) is 2.27. The second kappa shape index (κ2) is 4.39. The molecule has 0 spiro atoms. The van der Waals surface area contributed by atoms with Crippen molar-refractivity contribution in [2.45, 2.75) is 33.1 Å². The first-order valence-electron chi connectivity index (χ1n) is 5.79. The van der Waals surface area contributed by atoms with Crippen LogP contribution >= 0.6 is 15.9 Å². The number of halogens is 1. The summed E-state index contributed by atoms with van der Waals surface area (Å²) >= 11 is 3.55. The smallest absolute Gasteiger partial charge is 0.170 e. The van der Waals surface area contributed by atoms with E-state index in [4.69, 9.17) is 5.73 Å². The maximum atomic E-state index is 5.94. The van der Waals surface area contributed by atoms with Gasteiger partial charge in [0.05, 0.1) is 11.4 Å². The molecule has 0 aliphatic heterocycles. The standard InChI is InChI=1S/C13H17BrN4/c1-8-5-6-9(14)10(7-8)18-11(13(2,3)4)12(15)16-17-18/h5-7H,15H2,1-4H3. The van der Waals surface area contributed by atoms with Gasteiger partial charge in [0, 0.05) is 9.89 Å². The van der Waals surface area contributed by atoms with E-state index in [1.54, 1.807) is 0 Å². The second-order valence-corrected chi connectivity index (χ2v) is 6.29. The number of benzene rings is 1. The minimum Gasteiger partial charge on any atom is -0.381 e. The van der Waals surface area contributed by atoms with Crippen molar-refractivity contribution in [1.82, 2.24) is 15.0 Å². The first kappa shape index (κ1) is 13.1. The third-order valence-electron chi connectivity index (χ3n) is 2.74. The van der Waals surface area contributed by atoms with Crippen LogP contribution in [0.2, 0.25) is 0 Å². The van der Waals surface area contributed by atoms with Crippen LogP contribution < -0.4 is 5.73 Å². The number of aromatic nitrogens is 3. The Labute approximate surface area is 115 Å². The highest BCUT2D eigenvalue weighted by Crippen LogP contribution is 2.31. The van der Waals surface area contributed by atoms with Crippen LogP contribution in [0.15, 0.2) is 22.7 Å². The SMILES string of the molecule is Cc1ccc(Br)c(-n2nnc(N)c2C(C)(C)C)c1. The zero-order chi connectivity index (χ0) is 13.5. The summed E-state index contributed by atoms with van der Waals surface area (Å²) in [6.07, 6.45) is 0. The summed E-state index contributed by atoms with van der Waals surface area (Å²) in [6.45, 7) is 8.35. The third-order valence-corrected chi connectivity index (χ3v) is 3.41. The number of hydrogen-bond donors (Lipinski definition) is 1. The van der Waals surface area contributed by atoms with Gasteiger partial charge in [0.15, 0.2) is 5.82 Å². The molecule has 0 atom stereocenters. The zero-order valence-corrected chi connectivity index (χ0v) is 12.6. The molecule has 2 rings (SSSR count). The van der Waals surface area contributed by atoms with Gasteiger partial charge in [0.1, 0.15) is 0 Å². The molecular formula is C13H17BrN4. The topological polar surface area (TPSA) is 56.7 Å². The van der Waals surface area contributed by atoms with Crippen LogP contribution in [0.5, 0.6) is 0 Å². The molecule has 1 aromatic heterocycles. The van der Waals surface area contributed by atoms with Gasteiger partial charge in [0.25, 0.3) is 0 Å². The van der Waals surface area contributed by atoms with Gasteiger partial charge in [-0.05, 0) is 40.5 Å². The molecule has 5 heteroatoms. The average Bonchev–Trinajstić information content (AvgIpc) is 2.63. The lowest BCUT2D eigenvalue weighted by atomic mass is 9.91. The van der Waals surface area contributed by atoms with Crippen LogP contribution in [-0.2, 0) is 5.41 Å². The van der Waals surface area contributed by atoms with Crippen molar-refractivity contribution >= 4 is 21.7 Å². The molecule has 18 heavy (non-hydrogen) atoms. The van der Waals surface area contributed by atoms with E-state index in [2.05, 4.69) is 53.1 Å². The minimum atomic E-state index is -0.114. The number of rotatable bonds is 1. The van der Waals surface area contributed by atoms with Gasteiger partial charge >= 0.3 is 0 Å². The molecule has 0 aliphatic rings. The van der Waals surface area contributed by atoms with E-state index in [1.165, 1.54) is 5.56 Å². The summed E-state index contributed by atoms with van der Waals surface area (Å²) in [4.78, 5) is 0. The first-order valence-corrected chi connectivity index (χ1v) is 6.58. The Hall–Kier alpha value is -1.36. The molecular weight excluding hydrogens is 292 g/mol. The Morgan fingerprint density at radius 1 is 1.28 bits per heavy atom. The van der Waals surface area contributed by atoms with Gasteiger partial charge in [-0.1, -0.05) is 32.1 Å². The Bertz CT molecular complexity index is 581. The van der Waals surface area contributed by atoms with Crippen LogP contribution in [0.1, 0.15) is 32.0 Å². The van der Waals surface area contributed by atoms with E-state index < -0.39 is 0 Å². The molecule has 0 bridgehead atoms. The van der Waals surface area contributed by atoms with E-state index in [1.807, 2.05) is 23.7 Å². The van der Waals surface area contributed by atoms with E-state index in [-0.39, 0.29) is 5.41 Å². The Balaban J connectivity index is 2.69. The van der Waals surface area contributed by atoms with Gasteiger partial charge in [0.2, 0.25) is 0 Å². The number of hydrogen-bond acceptors (Lipinski definition) is 3. The molecule has 0 radical (unpaired) electrons. The molecule has 4 nitrogen and oxygen atoms in total. The predicted octanol–water partition coefficient (Wildman–Crippen LogP) is 3.22. The maximum Gasteiger partial charge on any atom is 0.170 e. The molecule has 1 heterocycles. The van der Waals surface area contributed by atoms with Crippen LogP contribution in [-0.4, -0.2) is 15.0 Å². The van der Waals surface area contributed by atoms with E-state index in [9.17, 15) is 0 Å². The molecule has 1 aromatic carbocycles. The number of nitrogens with zero attached hydrogens (tertiary/aromatic N) is 3. The summed E-state index contributed by atoms with van der Waals surface area (Å²) < 4.78 is 2.79. The highest BCUT2D eigenvalue weighted by molar-refractivity contribution is 9.10. The van der Waals surface area contributed by atoms with Crippen molar-refractivity contribution in [1.29, 1.82) is 0 Å². The largest absolute Gasteiger partial charge is 0.381 e. The lowest BCUT2D eigenvalue weighted by Gasteiger charge is -2.20. The number of nitrogen functional groups attached to an aromatic ring is 1. The van der Waals surface area contributed by atoms with Crippen molar-refractivity contribution in [2.24, 2.45) is 0 Å². The highest BCUT2D eigenvalue weighted by Gasteiger charge is 2.25. The normalized spacial score (nSPS) is 11.8. The number of anilines is 1. The monoisotopic (exact) mass is 308 g/mol. The Morgan fingerprint density at radius 2 is 1.94 bits per heavy atom. The summed E-state index contributed by atoms with van der Waals surface area (Å²) in [5, 5.41) is 8.17. The summed E-state index contributed by atoms with van der Waals surface area (Å²) in [5.74, 6) is 0.482. The summed E-state index contributed by atoms with van der Waals surface area (Å²) in [7, 11) is 0. The fraction of sp³-hybridized carbons (Fsp3) is 0.385. The fourth-order valence-corrected chi connectivity index (χ4v) is 2.36. The van der Waals surface area contributed by atoms with Crippen LogP contribution in [0, 0.1) is 6.92 Å². The number of aryl methyl sites for hydroxylation is 1. The molecule has 0 unspecified atom stereocenters. The molecule has 0 saturated heterocycles. The van der Waals surface area contributed by atoms with E-state index in [0.717, 1.165) is 15.9 Å². The van der Waals surface area contributed by atoms with Crippen LogP contribution in [0.3, 0.4) is 0 Å². The Kier molecular flexibility index (Phi) is 3.19. The van der Waals surface area contributed by atoms with Crippen molar-refractivity contribution in [3.63, 3.8) is 0 Å². The molecule has 0 fully saturated rings. The predicted molar refractivity (Wildman–Crippen MR) is 76.9 cm³/mol. The Morgan fingerprint density at radius 3 is 2.56 bits per heavy atom. The molecule has 0 saturated carbocycles. The fourth-order valence-electron chi connectivity index (χ4n) is 1.95. The molecule has 2 aromatic rings. The van der Waals surface area contributed by atoms with Gasteiger partial charge in [-0.15, -0.1) is 5.10 Å².